The highest BCUT2D eigenvalue weighted by molar-refractivity contribution is 5.80. The Kier molecular flexibility index (Phi) is 49.3. The van der Waals surface area contributed by atoms with Crippen LogP contribution in [-0.2, 0) is 60.9 Å². The van der Waals surface area contributed by atoms with E-state index in [0.29, 0.717) is 74.6 Å². The van der Waals surface area contributed by atoms with Crippen LogP contribution in [0.15, 0.2) is 155 Å². The van der Waals surface area contributed by atoms with Gasteiger partial charge in [-0.05, 0) is 314 Å². The predicted molar refractivity (Wildman–Crippen MR) is 588 cm³/mol. The lowest BCUT2D eigenvalue weighted by atomic mass is 9.71. The molecule has 0 aromatic heterocycles. The Morgan fingerprint density at radius 1 is 0.331 bits per heavy atom. The van der Waals surface area contributed by atoms with Crippen LogP contribution >= 0.6 is 0 Å². The van der Waals surface area contributed by atoms with E-state index in [4.69, 9.17) is 23.7 Å². The van der Waals surface area contributed by atoms with E-state index in [1.54, 1.807) is 18.2 Å². The number of esters is 5. The Balaban J connectivity index is 0.000000346. The second kappa shape index (κ2) is 57.9. The molecule has 5 aromatic rings. The van der Waals surface area contributed by atoms with Gasteiger partial charge in [0, 0.05) is 57.4 Å². The summed E-state index contributed by atoms with van der Waals surface area (Å²) < 4.78 is 30.4. The fraction of sp³-hybridized carbons (Fsp3) is 0.568. The molecule has 20 heteroatoms. The molecule has 1 unspecified atom stereocenters. The van der Waals surface area contributed by atoms with E-state index in [9.17, 15) is 59.4 Å². The number of benzene rings is 5. The lowest BCUT2D eigenvalue weighted by Crippen LogP contribution is -2.57. The number of likely N-dealkylation sites (N-methyl/N-ethyl adjacent to an activating group) is 3. The van der Waals surface area contributed by atoms with Gasteiger partial charge in [0.05, 0.1) is 48.3 Å². The van der Waals surface area contributed by atoms with Crippen molar-refractivity contribution in [2.45, 2.75) is 340 Å². The lowest BCUT2D eigenvalue weighted by molar-refractivity contribution is -0.889. The van der Waals surface area contributed by atoms with Gasteiger partial charge in [-0.25, -0.2) is 24.0 Å². The summed E-state index contributed by atoms with van der Waals surface area (Å²) in [6.07, 6.45) is 39.8. The number of hydrogen-bond acceptors (Lipinski definition) is 17. The summed E-state index contributed by atoms with van der Waals surface area (Å²) in [6.45, 7) is 47.2. The number of carbonyl (C=O) groups is 6. The topological polar surface area (TPSA) is 273 Å². The first-order valence-corrected chi connectivity index (χ1v) is 53.8. The van der Waals surface area contributed by atoms with Crippen molar-refractivity contribution in [2.24, 2.45) is 41.4 Å². The first-order valence-electron chi connectivity index (χ1n) is 53.8. The number of unbranched alkanes of at least 4 members (excludes halogenated alkanes) is 10. The molecule has 0 bridgehead atoms. The fourth-order valence-corrected chi connectivity index (χ4v) is 22.1. The van der Waals surface area contributed by atoms with Crippen molar-refractivity contribution in [1.82, 2.24) is 0 Å². The smallest absolute Gasteiger partial charge is 0.367 e. The van der Waals surface area contributed by atoms with Crippen LogP contribution in [0, 0.1) is 56.3 Å². The van der Waals surface area contributed by atoms with E-state index in [0.717, 1.165) is 230 Å². The number of quaternary nitrogens is 3. The van der Waals surface area contributed by atoms with E-state index in [1.165, 1.54) is 34.9 Å². The van der Waals surface area contributed by atoms with Crippen LogP contribution < -0.4 is 28.8 Å². The number of aliphatic carboxylic acids is 1. The second-order valence-electron chi connectivity index (χ2n) is 45.5. The number of carboxylic acids is 1. The van der Waals surface area contributed by atoms with E-state index in [2.05, 4.69) is 140 Å². The molecule has 0 saturated carbocycles. The van der Waals surface area contributed by atoms with Crippen molar-refractivity contribution in [3.63, 3.8) is 0 Å². The van der Waals surface area contributed by atoms with Gasteiger partial charge in [-0.2, -0.15) is 0 Å². The third-order valence-corrected chi connectivity index (χ3v) is 29.7. The fourth-order valence-electron chi connectivity index (χ4n) is 22.1. The van der Waals surface area contributed by atoms with Crippen LogP contribution in [0.3, 0.4) is 0 Å². The Morgan fingerprint density at radius 3 is 0.759 bits per heavy atom. The maximum atomic E-state index is 14.0. The number of rotatable bonds is 47. The van der Waals surface area contributed by atoms with E-state index in [1.807, 2.05) is 105 Å². The van der Waals surface area contributed by atoms with Crippen molar-refractivity contribution in [2.75, 3.05) is 81.6 Å². The lowest BCUT2D eigenvalue weighted by Gasteiger charge is -2.35. The summed E-state index contributed by atoms with van der Waals surface area (Å²) >= 11 is 0. The number of phenolic OH excluding ortho intramolecular Hbond substituents is 5. The first-order chi connectivity index (χ1) is 67.5. The number of phenols is 5. The third-order valence-electron chi connectivity index (χ3n) is 29.7. The van der Waals surface area contributed by atoms with Gasteiger partial charge in [-0.3, -0.25) is 0 Å². The van der Waals surface area contributed by atoms with Gasteiger partial charge in [-0.15, -0.1) is 0 Å². The molecule has 11 atom stereocenters. The van der Waals surface area contributed by atoms with Crippen LogP contribution in [-0.4, -0.2) is 156 Å². The van der Waals surface area contributed by atoms with Crippen molar-refractivity contribution in [3.8, 4) is 57.5 Å². The first kappa shape index (κ1) is 123. The highest BCUT2D eigenvalue weighted by Crippen LogP contribution is 2.54. The van der Waals surface area contributed by atoms with Gasteiger partial charge in [0.25, 0.3) is 0 Å². The summed E-state index contributed by atoms with van der Waals surface area (Å²) in [5, 5.41) is 69.4. The van der Waals surface area contributed by atoms with Crippen molar-refractivity contribution in [3.05, 3.63) is 226 Å². The quantitative estimate of drug-likeness (QED) is 0.00605. The van der Waals surface area contributed by atoms with Crippen LogP contribution in [0.2, 0.25) is 0 Å². The molecule has 0 radical (unpaired) electrons. The van der Waals surface area contributed by atoms with E-state index >= 15 is 0 Å². The van der Waals surface area contributed by atoms with E-state index in [-0.39, 0.29) is 138 Å². The van der Waals surface area contributed by atoms with Crippen LogP contribution in [0.1, 0.15) is 363 Å². The Hall–Kier alpha value is -10.3. The van der Waals surface area contributed by atoms with Crippen molar-refractivity contribution >= 4 is 35.8 Å². The number of aromatic hydroxyl groups is 5. The Morgan fingerprint density at radius 2 is 0.545 bits per heavy atom. The minimum atomic E-state index is -1.44. The normalized spacial score (nSPS) is 19.9. The molecule has 0 heterocycles. The number of ether oxygens (including phenoxy) is 5. The molecule has 5 aliphatic rings. The number of nitrogens with zero attached hydrogens (tertiary/aromatic N) is 3. The molecule has 0 saturated heterocycles. The molecule has 0 amide bonds. The highest BCUT2D eigenvalue weighted by atomic mass is 16.6. The standard InChI is InChI=1S/C49H69NO8.C48H69NO6.C26H39NO3.2CH3/c1-10-12-14-16-35-24-41(51)48(39-22-33(7)18-20-37(39)31(3)4)43(26-35)57-46(55)29-50(9,28-45(53)54)30-47(56)58-44-27-36(17-15-13-11-2)25-42(52)49(44)40-23-34(8)19-21-38(40)32(5)6;1-11-13-15-17-35-25-41(50)47(39-23-33(7)19-21-37(39)31(3)4)43(27-35)54-45(52)29-49(9,10)30-46(53)55-44-28-36(18-16-14-12-2)26-42(51)48(44)40-24-34(8)20-22-38(40)32(5)6;1-8-9-10-11-20-15-23(28)26(22-14-19(4)12-13-21(22)18(2)3)24(16-20)30-25(29)17-27(5,6)7;;/h22-27,32,37-40H,3,10-21,28-30H2,1-2,4-9H3,(H2-,51,52,53,54);23-28,32,37-40H,3,11-22,29-30H2,1-2,4-10H3,(H-,50,51);14-16,21-22H,2,8-13,17H2,1,3-7H3;2*1H3/q;;;2*-1/p+2/t37-,38-,39+,40+,50?;37-,38-,39+,40+;21-,22+;;/m000../s1. The molecule has 0 aliphatic heterocycles. The third kappa shape index (κ3) is 37.2. The maximum Gasteiger partial charge on any atom is 0.367 e. The van der Waals surface area contributed by atoms with Gasteiger partial charge in [0.1, 0.15) is 64.0 Å². The number of aryl methyl sites for hydroxylation is 5. The summed E-state index contributed by atoms with van der Waals surface area (Å²) in [6, 6.07) is 18.5. The van der Waals surface area contributed by atoms with Crippen molar-refractivity contribution < 1.29 is 96.5 Å². The zero-order chi connectivity index (χ0) is 106. The summed E-state index contributed by atoms with van der Waals surface area (Å²) in [5.74, 6) is -1.01. The van der Waals surface area contributed by atoms with Crippen molar-refractivity contribution in [1.29, 1.82) is 0 Å². The SMILES string of the molecule is C=C(C)[C@@H]1CCC(C)=C[C@H]1c1c(O)cc(CCCCC)cc1OC(=O)C[N+](C)(C)C.C=C(C)[C@@H]1CCC(C)=C[C@H]1c1c(O)cc(CCCCC)cc1OC(=O)C[N+](C)(C)CC(=O)Oc1cc(CCCCC)cc(O)c1[C@@H]1C=C(C)CC[C@H]1C(C)C.C=C(C)[C@@H]1CCC(C)=C[C@H]1c1c(O)cc(CCCCC)cc1OC(=O)C[N+](C)(CC(=O)[O-])CC(=O)Oc1cc(CCCCC)cc(O)c1[C@@H]1C=C(C)CC[C@H]1C(C)C.[CH3-].[CH3-]. The Labute approximate surface area is 873 Å². The average molecular weight is 2000 g/mol. The largest absolute Gasteiger partial charge is 0.544 e. The number of hydrogen-bond donors (Lipinski definition) is 5. The molecule has 10 rings (SSSR count). The molecular weight excluding hydrogens is 1820 g/mol. The number of carboxylic acid groups (broad SMARTS) is 1. The maximum absolute atomic E-state index is 14.0. The van der Waals surface area contributed by atoms with Gasteiger partial charge in [0.2, 0.25) is 0 Å². The van der Waals surface area contributed by atoms with Gasteiger partial charge >= 0.3 is 29.8 Å². The molecule has 0 spiro atoms. The van der Waals surface area contributed by atoms with Crippen LogP contribution in [0.4, 0.5) is 0 Å². The van der Waals surface area contributed by atoms with Gasteiger partial charge < -0.3 is 87.4 Å². The minimum absolute atomic E-state index is 0. The second-order valence-corrected chi connectivity index (χ2v) is 45.5. The number of allylic oxidation sites excluding steroid dienone is 13. The number of carbonyl (C=O) groups excluding carboxylic acids is 6. The minimum Gasteiger partial charge on any atom is -0.544 e. The van der Waals surface area contributed by atoms with Gasteiger partial charge in [0.15, 0.2) is 32.7 Å². The van der Waals surface area contributed by atoms with Crippen LogP contribution in [0.5, 0.6) is 57.5 Å². The molecule has 145 heavy (non-hydrogen) atoms. The monoisotopic (exact) mass is 2000 g/mol. The van der Waals surface area contributed by atoms with Gasteiger partial charge in [-0.1, -0.05) is 221 Å². The van der Waals surface area contributed by atoms with Crippen LogP contribution in [0.25, 0.3) is 0 Å². The summed E-state index contributed by atoms with van der Waals surface area (Å²) in [5.41, 5.74) is 16.9. The van der Waals surface area contributed by atoms with E-state index < -0.39 is 54.0 Å². The predicted octanol–water partition coefficient (Wildman–Crippen LogP) is 27.3. The molecule has 0 fully saturated rings. The molecule has 5 aromatic carbocycles. The molecular formula is C125H185N3O17. The molecule has 5 aliphatic carbocycles. The zero-order valence-electron chi connectivity index (χ0n) is 93.6. The average Bonchev–Trinajstić information content (AvgIpc) is 0.800. The summed E-state index contributed by atoms with van der Waals surface area (Å²) in [4.78, 5) is 80.5. The molecule has 5 N–H and O–H groups in total. The zero-order valence-corrected chi connectivity index (χ0v) is 93.6. The highest BCUT2D eigenvalue weighted by Gasteiger charge is 2.42. The molecule has 20 nitrogen and oxygen atoms in total. The Bertz CT molecular complexity index is 5390. The summed E-state index contributed by atoms with van der Waals surface area (Å²) in [7, 11) is 11.0. The molecule has 802 valence electrons.